The molecule has 0 aliphatic carbocycles. The van der Waals surface area contributed by atoms with E-state index in [2.05, 4.69) is 26.3 Å². The van der Waals surface area contributed by atoms with Gasteiger partial charge in [-0.1, -0.05) is 77.1 Å². The van der Waals surface area contributed by atoms with Crippen molar-refractivity contribution in [3.05, 3.63) is 94.9 Å². The molecule has 0 bridgehead atoms. The lowest BCUT2D eigenvalue weighted by Gasteiger charge is -2.38. The number of nitrogen functional groups attached to an aromatic ring is 1. The lowest BCUT2D eigenvalue weighted by atomic mass is 9.85. The molecule has 1 aliphatic rings. The maximum Gasteiger partial charge on any atom is 0.256 e. The summed E-state index contributed by atoms with van der Waals surface area (Å²) < 4.78 is 23.1. The number of alkyl halides is 1. The van der Waals surface area contributed by atoms with E-state index in [-0.39, 0.29) is 44.3 Å². The van der Waals surface area contributed by atoms with Crippen molar-refractivity contribution in [2.45, 2.75) is 101 Å². The van der Waals surface area contributed by atoms with E-state index in [0.29, 0.717) is 30.2 Å². The molecule has 5 rings (SSSR count). The Morgan fingerprint density at radius 1 is 0.909 bits per heavy atom. The van der Waals surface area contributed by atoms with Gasteiger partial charge in [-0.05, 0) is 101 Å². The number of rotatable bonds is 23. The predicted octanol–water partition coefficient (Wildman–Crippen LogP) is 7.37. The maximum atomic E-state index is 14.1. The largest absolute Gasteiger partial charge is 0.397 e. The minimum Gasteiger partial charge on any atom is -0.397 e. The third kappa shape index (κ3) is 15.3. The monoisotopic (exact) mass is 1040 g/mol. The normalized spacial score (nSPS) is 16.4. The molecule has 1 fully saturated rings. The number of hydrogen-bond donors (Lipinski definition) is 6. The summed E-state index contributed by atoms with van der Waals surface area (Å²) in [6.07, 6.45) is 5.71. The third-order valence-corrected chi connectivity index (χ3v) is 13.5. The molecule has 2 heterocycles. The van der Waals surface area contributed by atoms with E-state index >= 15 is 0 Å². The molecule has 1 unspecified atom stereocenters. The number of unbranched alkanes of at least 4 members (excludes halogenated alkanes) is 6. The quantitative estimate of drug-likeness (QED) is 0.0143. The van der Waals surface area contributed by atoms with Gasteiger partial charge in [0.2, 0.25) is 17.7 Å². The van der Waals surface area contributed by atoms with Crippen molar-refractivity contribution >= 4 is 80.5 Å². The summed E-state index contributed by atoms with van der Waals surface area (Å²) in [6.45, 7) is 8.24. The van der Waals surface area contributed by atoms with E-state index in [1.165, 1.54) is 17.0 Å². The van der Waals surface area contributed by atoms with E-state index in [9.17, 15) is 33.5 Å². The fourth-order valence-electron chi connectivity index (χ4n) is 7.37. The number of thiazole rings is 1. The van der Waals surface area contributed by atoms with E-state index in [1.54, 1.807) is 35.6 Å². The lowest BCUT2D eigenvalue weighted by molar-refractivity contribution is -0.145. The summed E-state index contributed by atoms with van der Waals surface area (Å²) in [5.41, 5.74) is 11.0. The minimum absolute atomic E-state index is 0.0352. The number of hydrogen-bond acceptors (Lipinski definition) is 11. The van der Waals surface area contributed by atoms with Crippen molar-refractivity contribution in [3.8, 4) is 10.4 Å². The van der Waals surface area contributed by atoms with E-state index < -0.39 is 50.6 Å². The van der Waals surface area contributed by atoms with Crippen LogP contribution in [-0.4, -0.2) is 93.2 Å². The Kier molecular flexibility index (Phi) is 19.4. The molecule has 3 atom stereocenters. The summed E-state index contributed by atoms with van der Waals surface area (Å²) in [5.74, 6) is -2.50. The van der Waals surface area contributed by atoms with Crippen molar-refractivity contribution in [2.24, 2.45) is 5.41 Å². The first kappa shape index (κ1) is 52.0. The van der Waals surface area contributed by atoms with Gasteiger partial charge in [0.05, 0.1) is 33.6 Å². The molecule has 0 spiro atoms. The molecule has 5 amide bonds. The Morgan fingerprint density at radius 3 is 2.12 bits per heavy atom. The number of nitrogens with one attached hydrogen (secondary N) is 4. The maximum absolute atomic E-state index is 14.1. The average Bonchev–Trinajstić information content (AvgIpc) is 3.85. The van der Waals surface area contributed by atoms with Crippen LogP contribution in [0.2, 0.25) is 0 Å². The van der Waals surface area contributed by atoms with Gasteiger partial charge in [0.1, 0.15) is 25.1 Å². The Balaban J connectivity index is 0.914. The van der Waals surface area contributed by atoms with Crippen molar-refractivity contribution in [1.29, 1.82) is 0 Å². The van der Waals surface area contributed by atoms with Crippen LogP contribution in [0.5, 0.6) is 0 Å². The van der Waals surface area contributed by atoms with Gasteiger partial charge in [-0.2, -0.15) is 0 Å². The molecule has 15 nitrogen and oxygen atoms in total. The molecule has 7 N–H and O–H groups in total. The molecule has 3 aromatic carbocycles. The Hall–Kier alpha value is -5.02. The van der Waals surface area contributed by atoms with E-state index in [4.69, 9.17) is 15.2 Å². The number of aryl methyl sites for hydroxylation is 1. The van der Waals surface area contributed by atoms with Crippen LogP contribution in [0.1, 0.15) is 93.8 Å². The molecule has 1 aliphatic heterocycles. The molecule has 0 saturated carbocycles. The number of aliphatic hydroxyl groups excluding tert-OH is 1. The number of nitrogens with zero attached hydrogens (tertiary/aromatic N) is 2. The second kappa shape index (κ2) is 24.7. The molecular weight excluding hydrogens is 981 g/mol. The number of aromatic nitrogens is 1. The van der Waals surface area contributed by atoms with Gasteiger partial charge in [-0.25, -0.2) is 9.37 Å². The summed E-state index contributed by atoms with van der Waals surface area (Å²) in [7, 11) is 0. The summed E-state index contributed by atoms with van der Waals surface area (Å²) in [5, 5.41) is 21.9. The third-order valence-electron chi connectivity index (χ3n) is 11.0. The highest BCUT2D eigenvalue weighted by Crippen LogP contribution is 2.38. The number of likely N-dealkylation sites (tertiary alicyclic amines) is 1. The molecule has 356 valence electrons. The highest BCUT2D eigenvalue weighted by Gasteiger charge is 2.53. The molecule has 1 aromatic heterocycles. The summed E-state index contributed by atoms with van der Waals surface area (Å²) >= 11 is 3.52. The van der Waals surface area contributed by atoms with Crippen LogP contribution in [0.15, 0.2) is 72.2 Å². The second-order valence-electron chi connectivity index (χ2n) is 17.5. The molecule has 66 heavy (non-hydrogen) atoms. The van der Waals surface area contributed by atoms with Gasteiger partial charge in [-0.3, -0.25) is 24.0 Å². The summed E-state index contributed by atoms with van der Waals surface area (Å²) in [6, 6.07) is 16.9. The first-order valence-corrected chi connectivity index (χ1v) is 24.1. The van der Waals surface area contributed by atoms with E-state index in [0.717, 1.165) is 72.7 Å². The highest BCUT2D eigenvalue weighted by atomic mass is 127. The van der Waals surface area contributed by atoms with Crippen LogP contribution >= 0.6 is 33.9 Å². The number of nitrogens with two attached hydrogens (primary N) is 1. The van der Waals surface area contributed by atoms with Crippen LogP contribution in [0.4, 0.5) is 21.5 Å². The smallest absolute Gasteiger partial charge is 0.256 e. The van der Waals surface area contributed by atoms with Crippen LogP contribution in [0, 0.1) is 18.2 Å². The Bertz CT molecular complexity index is 2270. The number of amides is 5. The van der Waals surface area contributed by atoms with Crippen molar-refractivity contribution in [3.63, 3.8) is 0 Å². The SMILES string of the molecule is Cc1ncsc1-c1ccc(CNC(=O)[C@@]2(I)C[C@@H](O)CN2C(=O)C(NC(=O)COCCCCCCCCCOCC(=O)Nc2ccc(C(=O)Nc3ccc(F)cc3N)cc2)C(C)(C)C)cc1. The zero-order chi connectivity index (χ0) is 47.9. The van der Waals surface area contributed by atoms with Crippen LogP contribution in [0.25, 0.3) is 10.4 Å². The number of aliphatic hydroxyl groups is 1. The molecule has 4 aromatic rings. The van der Waals surface area contributed by atoms with Crippen LogP contribution < -0.4 is 27.0 Å². The molecular formula is C48H61FIN7O8S. The van der Waals surface area contributed by atoms with Gasteiger partial charge in [0.15, 0.2) is 3.55 Å². The first-order valence-electron chi connectivity index (χ1n) is 22.1. The highest BCUT2D eigenvalue weighted by molar-refractivity contribution is 14.1. The zero-order valence-corrected chi connectivity index (χ0v) is 40.9. The van der Waals surface area contributed by atoms with Crippen molar-refractivity contribution in [2.75, 3.05) is 49.3 Å². The van der Waals surface area contributed by atoms with Gasteiger partial charge < -0.3 is 46.5 Å². The second-order valence-corrected chi connectivity index (χ2v) is 20.1. The molecule has 0 radical (unpaired) electrons. The first-order chi connectivity index (χ1) is 31.4. The van der Waals surface area contributed by atoms with Crippen molar-refractivity contribution < 1.29 is 42.9 Å². The van der Waals surface area contributed by atoms with Gasteiger partial charge in [0, 0.05) is 44.0 Å². The Labute approximate surface area is 403 Å². The summed E-state index contributed by atoms with van der Waals surface area (Å²) in [4.78, 5) is 72.5. The lowest BCUT2D eigenvalue weighted by Crippen LogP contribution is -2.61. The van der Waals surface area contributed by atoms with Gasteiger partial charge in [-0.15, -0.1) is 11.3 Å². The standard InChI is InChI=1S/C48H61FIN7O8S/c1-31-42(66-30-53-31)33-14-12-32(13-15-33)26-52-46(63)48(50)25-37(58)27-57(48)45(62)43(47(2,3)4)56-41(60)29-65-23-11-9-7-5-6-8-10-22-64-28-40(59)54-36-19-16-34(17-20-36)44(61)55-39-21-18-35(49)24-38(39)51/h12-21,24,30,37,43,58H,5-11,22-23,25-29,51H2,1-4H3,(H,52,63)(H,54,59)(H,55,61)(H,56,60)/t37-,43?,48-/m1/s1. The van der Waals surface area contributed by atoms with Crippen LogP contribution in [0.3, 0.4) is 0 Å². The van der Waals surface area contributed by atoms with E-state index in [1.807, 2.05) is 80.1 Å². The van der Waals surface area contributed by atoms with Gasteiger partial charge in [0.25, 0.3) is 11.8 Å². The molecule has 1 saturated heterocycles. The number of ether oxygens (including phenoxy) is 2. The fraction of sp³-hybridized carbons (Fsp3) is 0.458. The van der Waals surface area contributed by atoms with Gasteiger partial charge >= 0.3 is 0 Å². The Morgan fingerprint density at radius 2 is 1.53 bits per heavy atom. The number of carbonyl (C=O) groups excluding carboxylic acids is 5. The molecule has 18 heteroatoms. The topological polar surface area (TPSA) is 214 Å². The fourth-order valence-corrected chi connectivity index (χ4v) is 9.31. The number of carbonyl (C=O) groups is 5. The average molecular weight is 1040 g/mol. The number of halogens is 2. The van der Waals surface area contributed by atoms with Crippen LogP contribution in [-0.2, 0) is 35.2 Å². The number of benzene rings is 3. The van der Waals surface area contributed by atoms with Crippen molar-refractivity contribution in [1.82, 2.24) is 20.5 Å². The zero-order valence-electron chi connectivity index (χ0n) is 37.9. The predicted molar refractivity (Wildman–Crippen MR) is 262 cm³/mol. The number of β-amino-alcohol motifs (C(OH)–C–C–N with tert-alkyl or cyclic N) is 1. The minimum atomic E-state index is -1.35. The number of anilines is 3.